The minimum absolute atomic E-state index is 0.0311. The van der Waals surface area contributed by atoms with Crippen LogP contribution in [0.3, 0.4) is 0 Å². The van der Waals surface area contributed by atoms with Crippen LogP contribution in [0, 0.1) is 0 Å². The molecule has 3 aromatic carbocycles. The molecule has 93 heavy (non-hydrogen) atoms. The fourth-order valence-corrected chi connectivity index (χ4v) is 12.1. The number of nitrogens with one attached hydrogen (secondary N) is 4. The molecule has 0 saturated carbocycles. The fraction of sp³-hybridized carbons (Fsp3) is 0.458. The first kappa shape index (κ1) is 72.8. The quantitative estimate of drug-likeness (QED) is 0.00889. The molecule has 5 aromatic rings. The minimum atomic E-state index is -1.95. The number of likely N-dealkylation sites (N-methyl/N-ethyl adjacent to an activating group) is 1. The van der Waals surface area contributed by atoms with Crippen molar-refractivity contribution in [3.63, 3.8) is 0 Å². The van der Waals surface area contributed by atoms with Crippen molar-refractivity contribution in [2.75, 3.05) is 83.3 Å². The maximum Gasteiger partial charge on any atom is 0.415 e. The molecule has 34 heteroatoms. The monoisotopic (exact) mass is 1350 g/mol. The number of aryl methyl sites for hydroxylation is 2. The third-order valence-corrected chi connectivity index (χ3v) is 17.1. The maximum absolute atomic E-state index is 14.7. The van der Waals surface area contributed by atoms with Gasteiger partial charge in [-0.15, -0.1) is 16.7 Å². The number of nitrogens with two attached hydrogens (primary N) is 2. The lowest BCUT2D eigenvalue weighted by molar-refractivity contribution is -0.143. The Morgan fingerprint density at radius 1 is 0.817 bits per heavy atom. The molecule has 0 saturated heterocycles. The number of anilines is 1. The van der Waals surface area contributed by atoms with Crippen molar-refractivity contribution < 1.29 is 82.6 Å². The molecule has 1 aliphatic heterocycles. The molecule has 4 atom stereocenters. The van der Waals surface area contributed by atoms with Gasteiger partial charge in [-0.2, -0.15) is 0 Å². The number of aliphatic imine (C=N–C) groups is 2. The van der Waals surface area contributed by atoms with Crippen LogP contribution in [-0.2, 0) is 51.3 Å². The van der Waals surface area contributed by atoms with Gasteiger partial charge in [-0.25, -0.2) is 14.6 Å². The molecule has 6 amide bonds. The summed E-state index contributed by atoms with van der Waals surface area (Å²) in [5.74, 6) is -9.79. The lowest BCUT2D eigenvalue weighted by Crippen LogP contribution is -2.54. The topological polar surface area (TPSA) is 448 Å². The average molecular weight is 1350 g/mol. The molecule has 2 aromatic heterocycles. The van der Waals surface area contributed by atoms with E-state index in [0.29, 0.717) is 83.7 Å². The summed E-state index contributed by atoms with van der Waals surface area (Å²) in [4.78, 5) is 145. The van der Waals surface area contributed by atoms with Crippen LogP contribution in [0.15, 0.2) is 64.8 Å². The number of carbonyl (C=O) groups excluding carboxylic acids is 6. The van der Waals surface area contributed by atoms with Crippen molar-refractivity contribution in [2.45, 2.75) is 94.8 Å². The second-order valence-electron chi connectivity index (χ2n) is 21.6. The highest BCUT2D eigenvalue weighted by Gasteiger charge is 2.37. The Morgan fingerprint density at radius 2 is 1.55 bits per heavy atom. The average Bonchev–Trinajstić information content (AvgIpc) is 1.62. The predicted octanol–water partition coefficient (Wildman–Crippen LogP) is 3.44. The van der Waals surface area contributed by atoms with Crippen molar-refractivity contribution in [1.29, 1.82) is 0 Å². The molecule has 0 fully saturated rings. The van der Waals surface area contributed by atoms with Crippen LogP contribution in [0.1, 0.15) is 85.3 Å². The summed E-state index contributed by atoms with van der Waals surface area (Å²) in [5.41, 5.74) is 13.1. The lowest BCUT2D eigenvalue weighted by atomic mass is 9.95. The van der Waals surface area contributed by atoms with Crippen LogP contribution in [-0.4, -0.2) is 218 Å². The SMILES string of the molecule is COc1cc2[nH]cc(C(=O)N3C[C@@H](CCl)c4c3cc(OC(=O)N(C)CCSSC[C@H](NC(=O)[C@H](CC(=O)O)NC(=O)C(CCCN=C(N)N)=NC(=O)[C@H](CC(=O)O)NC(=O)CCCCn3cc(CCCC(=O)O)nn3)C(=O)O)c3ccccc43)c2cc1OCCN(C)C. The number of carboxylic acid groups (broad SMARTS) is 4. The standard InChI is InChI=1S/C59H75ClN14O17S2/c1-71(2)19-21-90-47-23-37-38(29-64-40(37)24-46(47)89-4)56(85)74-30-33(28-60)52-36-13-6-5-12-35(36)45(27-44(52)74)91-59(88)72(3)20-22-92-93-32-43(57(86)87)68-55(84)42(26-51(80)81)67-53(82)39(14-10-17-63-58(61)62)66-54(83)41(25-50(78)79)65-48(75)15-7-8-18-73-31-34(69-70-73)11-9-16-49(76)77/h5-6,12-13,23-24,27,29,31,33,41-43,64H,7-11,14-22,25-26,28,30,32H2,1-4H3,(H,65,75)(H,67,82)(H,68,84)(H,76,77)(H,78,79)(H,80,81)(H,86,87)(H4,61,62,63)/t33-,41+,42+,43+/m1/s1. The van der Waals surface area contributed by atoms with E-state index in [-0.39, 0.29) is 86.2 Å². The van der Waals surface area contributed by atoms with E-state index in [1.165, 1.54) is 23.7 Å². The number of unbranched alkanes of at least 4 members (excludes halogenated alkanes) is 1. The summed E-state index contributed by atoms with van der Waals surface area (Å²) in [5, 5.41) is 55.0. The van der Waals surface area contributed by atoms with Gasteiger partial charge in [0.15, 0.2) is 17.5 Å². The van der Waals surface area contributed by atoms with Gasteiger partial charge in [0.1, 0.15) is 36.2 Å². The molecule has 0 aliphatic carbocycles. The number of carbonyl (C=O) groups is 10. The number of benzene rings is 3. The highest BCUT2D eigenvalue weighted by atomic mass is 35.5. The number of ether oxygens (including phenoxy) is 3. The van der Waals surface area contributed by atoms with Crippen molar-refractivity contribution in [3.05, 3.63) is 71.7 Å². The number of hydrogen-bond acceptors (Lipinski definition) is 19. The number of aromatic nitrogens is 4. The molecule has 0 radical (unpaired) electrons. The van der Waals surface area contributed by atoms with Gasteiger partial charge in [-0.05, 0) is 69.6 Å². The van der Waals surface area contributed by atoms with Crippen molar-refractivity contribution >= 4 is 132 Å². The largest absolute Gasteiger partial charge is 0.493 e. The number of halogens is 1. The Bertz CT molecular complexity index is 3600. The second-order valence-corrected chi connectivity index (χ2v) is 24.6. The third kappa shape index (κ3) is 21.7. The molecule has 1 aliphatic rings. The molecule has 0 bridgehead atoms. The van der Waals surface area contributed by atoms with Gasteiger partial charge < -0.3 is 81.7 Å². The first-order valence-corrected chi connectivity index (χ1v) is 32.3. The van der Waals surface area contributed by atoms with Gasteiger partial charge in [0.2, 0.25) is 11.8 Å². The van der Waals surface area contributed by atoms with Crippen LogP contribution in [0.5, 0.6) is 17.2 Å². The number of amides is 6. The first-order chi connectivity index (χ1) is 44.4. The van der Waals surface area contributed by atoms with E-state index in [9.17, 15) is 63.3 Å². The Labute approximate surface area is 546 Å². The molecular formula is C59H75ClN14O17S2. The third-order valence-electron chi connectivity index (χ3n) is 14.3. The zero-order valence-electron chi connectivity index (χ0n) is 51.5. The zero-order chi connectivity index (χ0) is 67.9. The summed E-state index contributed by atoms with van der Waals surface area (Å²) in [6.07, 6.45) is 1.24. The summed E-state index contributed by atoms with van der Waals surface area (Å²) in [7, 11) is 9.01. The van der Waals surface area contributed by atoms with Gasteiger partial charge in [-0.1, -0.05) is 51.1 Å². The van der Waals surface area contributed by atoms with Crippen LogP contribution < -0.4 is 46.5 Å². The van der Waals surface area contributed by atoms with Crippen LogP contribution in [0.25, 0.3) is 21.7 Å². The Kier molecular flexibility index (Phi) is 27.9. The zero-order valence-corrected chi connectivity index (χ0v) is 53.9. The number of aliphatic carboxylic acids is 4. The molecule has 3 heterocycles. The molecule has 6 rings (SSSR count). The van der Waals surface area contributed by atoms with E-state index in [4.69, 9.17) is 42.4 Å². The van der Waals surface area contributed by atoms with E-state index in [1.54, 1.807) is 47.6 Å². The first-order valence-electron chi connectivity index (χ1n) is 29.3. The highest BCUT2D eigenvalue weighted by molar-refractivity contribution is 8.76. The number of nitrogens with zero attached hydrogens (tertiary/aromatic N) is 8. The van der Waals surface area contributed by atoms with Gasteiger partial charge in [0.05, 0.1) is 42.4 Å². The molecular weight excluding hydrogens is 1280 g/mol. The fourth-order valence-electron chi connectivity index (χ4n) is 9.63. The number of rotatable bonds is 38. The number of fused-ring (bicyclic) bond motifs is 4. The Hall–Kier alpha value is -9.21. The van der Waals surface area contributed by atoms with Crippen molar-refractivity contribution in [1.82, 2.24) is 45.7 Å². The van der Waals surface area contributed by atoms with E-state index in [1.807, 2.05) is 31.1 Å². The van der Waals surface area contributed by atoms with Gasteiger partial charge in [-0.3, -0.25) is 48.0 Å². The van der Waals surface area contributed by atoms with Crippen LogP contribution in [0.4, 0.5) is 10.5 Å². The minimum Gasteiger partial charge on any atom is -0.493 e. The molecule has 12 N–H and O–H groups in total. The van der Waals surface area contributed by atoms with Gasteiger partial charge in [0.25, 0.3) is 17.7 Å². The van der Waals surface area contributed by atoms with E-state index >= 15 is 0 Å². The number of alkyl halides is 1. The van der Waals surface area contributed by atoms with E-state index < -0.39 is 96.7 Å². The number of carboxylic acids is 4. The van der Waals surface area contributed by atoms with E-state index in [2.05, 4.69) is 41.2 Å². The van der Waals surface area contributed by atoms with Crippen LogP contribution in [0.2, 0.25) is 0 Å². The number of H-pyrrole nitrogens is 1. The van der Waals surface area contributed by atoms with Gasteiger partial charge in [0, 0.05) is 111 Å². The Balaban J connectivity index is 1.06. The number of aromatic amines is 1. The summed E-state index contributed by atoms with van der Waals surface area (Å²) < 4.78 is 19.2. The molecule has 502 valence electrons. The Morgan fingerprint density at radius 3 is 2.23 bits per heavy atom. The smallest absolute Gasteiger partial charge is 0.415 e. The highest BCUT2D eigenvalue weighted by Crippen LogP contribution is 2.47. The predicted molar refractivity (Wildman–Crippen MR) is 346 cm³/mol. The molecule has 31 nitrogen and oxygen atoms in total. The molecule has 0 unspecified atom stereocenters. The van der Waals surface area contributed by atoms with E-state index in [0.717, 1.165) is 32.5 Å². The van der Waals surface area contributed by atoms with Crippen molar-refractivity contribution in [3.8, 4) is 17.2 Å². The molecule has 0 spiro atoms. The summed E-state index contributed by atoms with van der Waals surface area (Å²) in [6, 6.07) is 7.07. The van der Waals surface area contributed by atoms with Gasteiger partial charge >= 0.3 is 30.0 Å². The maximum atomic E-state index is 14.7. The summed E-state index contributed by atoms with van der Waals surface area (Å²) >= 11 is 6.59. The number of hydrogen-bond donors (Lipinski definition) is 10. The van der Waals surface area contributed by atoms with Crippen molar-refractivity contribution in [2.24, 2.45) is 21.5 Å². The van der Waals surface area contributed by atoms with Crippen LogP contribution >= 0.6 is 33.2 Å². The lowest BCUT2D eigenvalue weighted by Gasteiger charge is -2.21. The number of methoxy groups -OCH3 is 1. The second kappa shape index (κ2) is 35.6. The normalized spacial score (nSPS) is 13.8. The number of guanidine groups is 1. The summed E-state index contributed by atoms with van der Waals surface area (Å²) in [6.45, 7) is 1.56.